The van der Waals surface area contributed by atoms with Crippen LogP contribution in [0, 0.1) is 0 Å². The molecule has 4 nitrogen and oxygen atoms in total. The molecule has 0 atom stereocenters. The summed E-state index contributed by atoms with van der Waals surface area (Å²) >= 11 is 0. The van der Waals surface area contributed by atoms with Gasteiger partial charge >= 0.3 is 0 Å². The Kier molecular flexibility index (Phi) is 4.43. The van der Waals surface area contributed by atoms with Crippen molar-refractivity contribution in [3.63, 3.8) is 0 Å². The highest BCUT2D eigenvalue weighted by molar-refractivity contribution is 6.02. The van der Waals surface area contributed by atoms with Crippen molar-refractivity contribution in [3.05, 3.63) is 29.8 Å². The van der Waals surface area contributed by atoms with Crippen LogP contribution < -0.4 is 4.74 Å². The molecule has 1 aromatic rings. The molecule has 0 unspecified atom stereocenters. The predicted octanol–water partition coefficient (Wildman–Crippen LogP) is 2.96. The largest absolute Gasteiger partial charge is 0.490 e. The van der Waals surface area contributed by atoms with Crippen LogP contribution >= 0.6 is 0 Å². The molecule has 4 heteroatoms. The number of para-hydroxylation sites is 1. The summed E-state index contributed by atoms with van der Waals surface area (Å²) in [5, 5.41) is 22.6. The Hall–Kier alpha value is -1.55. The molecule has 0 aromatic heterocycles. The first-order chi connectivity index (χ1) is 9.18. The average molecular weight is 263 g/mol. The molecule has 1 aromatic carbocycles. The number of ether oxygens (including phenoxy) is 1. The molecule has 0 spiro atoms. The van der Waals surface area contributed by atoms with E-state index in [0.717, 1.165) is 31.2 Å². The summed E-state index contributed by atoms with van der Waals surface area (Å²) in [4.78, 5) is 0. The fraction of sp³-hybridized carbons (Fsp3) is 0.533. The minimum Gasteiger partial charge on any atom is -0.490 e. The number of rotatable bonds is 5. The van der Waals surface area contributed by atoms with Crippen LogP contribution in [-0.4, -0.2) is 28.2 Å². The van der Waals surface area contributed by atoms with E-state index in [0.29, 0.717) is 24.5 Å². The van der Waals surface area contributed by atoms with Crippen molar-refractivity contribution in [2.24, 2.45) is 5.16 Å². The van der Waals surface area contributed by atoms with Crippen LogP contribution in [0.3, 0.4) is 0 Å². The van der Waals surface area contributed by atoms with Crippen molar-refractivity contribution in [1.82, 2.24) is 0 Å². The predicted molar refractivity (Wildman–Crippen MR) is 74.0 cm³/mol. The van der Waals surface area contributed by atoms with Gasteiger partial charge in [-0.05, 0) is 31.4 Å². The monoisotopic (exact) mass is 263 g/mol. The first kappa shape index (κ1) is 13.9. The highest BCUT2D eigenvalue weighted by Gasteiger charge is 2.32. The molecule has 1 aliphatic carbocycles. The quantitative estimate of drug-likeness (QED) is 0.488. The van der Waals surface area contributed by atoms with Gasteiger partial charge in [-0.3, -0.25) is 0 Å². The van der Waals surface area contributed by atoms with Gasteiger partial charge in [-0.2, -0.15) is 0 Å². The Balaban J connectivity index is 2.12. The van der Waals surface area contributed by atoms with Crippen LogP contribution in [0.1, 0.15) is 44.6 Å². The third kappa shape index (κ3) is 3.26. The normalized spacial score (nSPS) is 18.5. The van der Waals surface area contributed by atoms with E-state index in [2.05, 4.69) is 5.16 Å². The summed E-state index contributed by atoms with van der Waals surface area (Å²) in [5.74, 6) is 0.664. The van der Waals surface area contributed by atoms with Gasteiger partial charge in [0, 0.05) is 5.56 Å². The molecule has 2 rings (SSSR count). The van der Waals surface area contributed by atoms with Gasteiger partial charge < -0.3 is 15.1 Å². The Labute approximate surface area is 113 Å². The highest BCUT2D eigenvalue weighted by Crippen LogP contribution is 2.31. The first-order valence-electron chi connectivity index (χ1n) is 6.84. The molecule has 0 radical (unpaired) electrons. The van der Waals surface area contributed by atoms with Crippen LogP contribution in [0.5, 0.6) is 5.75 Å². The molecule has 1 aliphatic rings. The fourth-order valence-electron chi connectivity index (χ4n) is 2.54. The molecule has 0 aliphatic heterocycles. The van der Waals surface area contributed by atoms with E-state index in [9.17, 15) is 5.11 Å². The maximum atomic E-state index is 10.3. The summed E-state index contributed by atoms with van der Waals surface area (Å²) in [6, 6.07) is 7.47. The number of hydrogen-bond acceptors (Lipinski definition) is 4. The van der Waals surface area contributed by atoms with E-state index in [-0.39, 0.29) is 0 Å². The third-order valence-corrected chi connectivity index (χ3v) is 3.68. The van der Waals surface area contributed by atoms with Gasteiger partial charge in [0.25, 0.3) is 0 Å². The minimum absolute atomic E-state index is 0.298. The number of oxime groups is 1. The van der Waals surface area contributed by atoms with Crippen molar-refractivity contribution in [3.8, 4) is 5.75 Å². The van der Waals surface area contributed by atoms with Crippen LogP contribution in [-0.2, 0) is 0 Å². The van der Waals surface area contributed by atoms with Crippen LogP contribution in [0.4, 0.5) is 0 Å². The van der Waals surface area contributed by atoms with Gasteiger partial charge in [0.05, 0.1) is 11.3 Å². The SMILES string of the molecule is CCC(=NO)c1ccccc1OCC1(O)CCCC1. The first-order valence-corrected chi connectivity index (χ1v) is 6.84. The van der Waals surface area contributed by atoms with Crippen molar-refractivity contribution >= 4 is 5.71 Å². The van der Waals surface area contributed by atoms with Crippen molar-refractivity contribution < 1.29 is 15.1 Å². The van der Waals surface area contributed by atoms with E-state index in [1.807, 2.05) is 31.2 Å². The molecule has 0 bridgehead atoms. The number of nitrogens with zero attached hydrogens (tertiary/aromatic N) is 1. The molecule has 0 amide bonds. The van der Waals surface area contributed by atoms with Crippen molar-refractivity contribution in [1.29, 1.82) is 0 Å². The topological polar surface area (TPSA) is 62.1 Å². The lowest BCUT2D eigenvalue weighted by molar-refractivity contribution is 0.00135. The van der Waals surface area contributed by atoms with E-state index < -0.39 is 5.60 Å². The molecular formula is C15H21NO3. The molecule has 104 valence electrons. The smallest absolute Gasteiger partial charge is 0.128 e. The van der Waals surface area contributed by atoms with E-state index >= 15 is 0 Å². The zero-order valence-electron chi connectivity index (χ0n) is 11.3. The van der Waals surface area contributed by atoms with Crippen molar-refractivity contribution in [2.45, 2.75) is 44.6 Å². The second kappa shape index (κ2) is 6.06. The molecule has 0 heterocycles. The second-order valence-electron chi connectivity index (χ2n) is 5.12. The molecule has 1 fully saturated rings. The maximum Gasteiger partial charge on any atom is 0.128 e. The minimum atomic E-state index is -0.699. The standard InChI is InChI=1S/C15H21NO3/c1-2-13(16-18)12-7-3-4-8-14(12)19-11-15(17)9-5-6-10-15/h3-4,7-8,17-18H,2,5-6,9-11H2,1H3. The van der Waals surface area contributed by atoms with Crippen LogP contribution in [0.2, 0.25) is 0 Å². The van der Waals surface area contributed by atoms with Gasteiger partial charge in [0.1, 0.15) is 12.4 Å². The second-order valence-corrected chi connectivity index (χ2v) is 5.12. The summed E-state index contributed by atoms with van der Waals surface area (Å²) in [7, 11) is 0. The Morgan fingerprint density at radius 1 is 1.32 bits per heavy atom. The third-order valence-electron chi connectivity index (χ3n) is 3.68. The number of hydrogen-bond donors (Lipinski definition) is 2. The number of aliphatic hydroxyl groups is 1. The lowest BCUT2D eigenvalue weighted by atomic mass is 10.0. The van der Waals surface area contributed by atoms with E-state index in [4.69, 9.17) is 9.94 Å². The van der Waals surface area contributed by atoms with E-state index in [1.165, 1.54) is 0 Å². The van der Waals surface area contributed by atoms with E-state index in [1.54, 1.807) is 0 Å². The summed E-state index contributed by atoms with van der Waals surface area (Å²) < 4.78 is 5.77. The molecular weight excluding hydrogens is 242 g/mol. The lowest BCUT2D eigenvalue weighted by Gasteiger charge is -2.23. The van der Waals surface area contributed by atoms with Gasteiger partial charge in [-0.1, -0.05) is 37.1 Å². The molecule has 19 heavy (non-hydrogen) atoms. The Morgan fingerprint density at radius 3 is 2.63 bits per heavy atom. The summed E-state index contributed by atoms with van der Waals surface area (Å²) in [6.07, 6.45) is 4.33. The average Bonchev–Trinajstić information content (AvgIpc) is 2.86. The van der Waals surface area contributed by atoms with Gasteiger partial charge in [-0.25, -0.2) is 0 Å². The Morgan fingerprint density at radius 2 is 2.00 bits per heavy atom. The summed E-state index contributed by atoms with van der Waals surface area (Å²) in [6.45, 7) is 2.22. The molecule has 1 saturated carbocycles. The van der Waals surface area contributed by atoms with Crippen LogP contribution in [0.15, 0.2) is 29.4 Å². The number of benzene rings is 1. The summed E-state index contributed by atoms with van der Waals surface area (Å²) in [5.41, 5.74) is 0.679. The van der Waals surface area contributed by atoms with Gasteiger partial charge in [0.15, 0.2) is 0 Å². The lowest BCUT2D eigenvalue weighted by Crippen LogP contribution is -2.32. The van der Waals surface area contributed by atoms with Crippen molar-refractivity contribution in [2.75, 3.05) is 6.61 Å². The Bertz CT molecular complexity index is 450. The van der Waals surface area contributed by atoms with Gasteiger partial charge in [0.2, 0.25) is 0 Å². The zero-order chi connectivity index (χ0) is 13.7. The maximum absolute atomic E-state index is 10.3. The van der Waals surface area contributed by atoms with Crippen LogP contribution in [0.25, 0.3) is 0 Å². The van der Waals surface area contributed by atoms with Gasteiger partial charge in [-0.15, -0.1) is 0 Å². The zero-order valence-corrected chi connectivity index (χ0v) is 11.3. The fourth-order valence-corrected chi connectivity index (χ4v) is 2.54. The molecule has 2 N–H and O–H groups in total. The molecule has 0 saturated heterocycles. The highest BCUT2D eigenvalue weighted by atomic mass is 16.5.